The summed E-state index contributed by atoms with van der Waals surface area (Å²) < 4.78 is 12.3. The molecule has 0 aliphatic rings. The van der Waals surface area contributed by atoms with Crippen molar-refractivity contribution < 1.29 is 9.15 Å². The molecule has 7 heteroatoms. The van der Waals surface area contributed by atoms with Crippen LogP contribution in [0.5, 0.6) is 5.88 Å². The molecule has 6 nitrogen and oxygen atoms in total. The number of aryl methyl sites for hydroxylation is 1. The Labute approximate surface area is 152 Å². The van der Waals surface area contributed by atoms with Crippen LogP contribution >= 0.6 is 15.9 Å². The first-order valence-corrected chi connectivity index (χ1v) is 8.43. The first-order chi connectivity index (χ1) is 12.2. The maximum atomic E-state index is 5.73. The number of hydrogen-bond donors (Lipinski definition) is 0. The lowest BCUT2D eigenvalue weighted by molar-refractivity contribution is 0.253. The number of rotatable bonds is 4. The fraction of sp³-hybridized carbons (Fsp3) is 0.111. The number of aromatic nitrogens is 4. The summed E-state index contributed by atoms with van der Waals surface area (Å²) in [5.41, 5.74) is 3.16. The molecule has 0 aliphatic heterocycles. The average molecular weight is 397 g/mol. The van der Waals surface area contributed by atoms with Crippen LogP contribution in [0.25, 0.3) is 22.5 Å². The molecule has 0 spiro atoms. The van der Waals surface area contributed by atoms with E-state index < -0.39 is 0 Å². The molecule has 0 atom stereocenters. The van der Waals surface area contributed by atoms with Gasteiger partial charge in [0, 0.05) is 4.47 Å². The molecule has 4 rings (SSSR count). The molecule has 0 unspecified atom stereocenters. The van der Waals surface area contributed by atoms with Gasteiger partial charge in [0.2, 0.25) is 11.8 Å². The second-order valence-corrected chi connectivity index (χ2v) is 6.23. The Morgan fingerprint density at radius 3 is 2.48 bits per heavy atom. The molecule has 4 aromatic rings. The van der Waals surface area contributed by atoms with Gasteiger partial charge in [-0.3, -0.25) is 0 Å². The van der Waals surface area contributed by atoms with Crippen LogP contribution in [-0.2, 0) is 6.61 Å². The minimum Gasteiger partial charge on any atom is -0.466 e. The second kappa shape index (κ2) is 6.60. The van der Waals surface area contributed by atoms with Crippen molar-refractivity contribution in [3.05, 3.63) is 64.6 Å². The minimum absolute atomic E-state index is 0.130. The topological polar surface area (TPSA) is 73.9 Å². The quantitative estimate of drug-likeness (QED) is 0.510. The number of ether oxygens (including phenoxy) is 1. The zero-order valence-corrected chi connectivity index (χ0v) is 14.9. The summed E-state index contributed by atoms with van der Waals surface area (Å²) in [6.45, 7) is 1.99. The normalized spacial score (nSPS) is 11.0. The number of para-hydroxylation sites is 2. The molecular formula is C18H13BrN4O2. The van der Waals surface area contributed by atoms with Gasteiger partial charge in [0.1, 0.15) is 5.69 Å². The van der Waals surface area contributed by atoms with Crippen molar-refractivity contribution in [2.75, 3.05) is 0 Å². The number of fused-ring (bicyclic) bond motifs is 1. The highest BCUT2D eigenvalue weighted by atomic mass is 79.9. The molecule has 2 aromatic carbocycles. The van der Waals surface area contributed by atoms with Crippen molar-refractivity contribution in [2.45, 2.75) is 13.5 Å². The lowest BCUT2D eigenvalue weighted by Crippen LogP contribution is -2.01. The molecule has 0 saturated heterocycles. The predicted molar refractivity (Wildman–Crippen MR) is 96.0 cm³/mol. The molecule has 0 aliphatic carbocycles. The predicted octanol–water partition coefficient (Wildman–Crippen LogP) is 4.33. The molecule has 25 heavy (non-hydrogen) atoms. The van der Waals surface area contributed by atoms with Crippen molar-refractivity contribution in [1.82, 2.24) is 20.2 Å². The molecule has 2 aromatic heterocycles. The summed E-state index contributed by atoms with van der Waals surface area (Å²) in [4.78, 5) is 8.98. The summed E-state index contributed by atoms with van der Waals surface area (Å²) in [6, 6.07) is 15.3. The van der Waals surface area contributed by atoms with E-state index in [0.717, 1.165) is 21.1 Å². The number of halogens is 1. The number of hydrogen-bond acceptors (Lipinski definition) is 6. The van der Waals surface area contributed by atoms with Crippen LogP contribution in [0, 0.1) is 6.92 Å². The summed E-state index contributed by atoms with van der Waals surface area (Å²) >= 11 is 3.47. The fourth-order valence-electron chi connectivity index (χ4n) is 2.39. The molecule has 2 heterocycles. The third-order valence-corrected chi connectivity index (χ3v) is 4.30. The van der Waals surface area contributed by atoms with Gasteiger partial charge in [-0.25, -0.2) is 9.97 Å². The molecule has 0 fully saturated rings. The Hall–Kier alpha value is -2.80. The number of benzene rings is 2. The Balaban J connectivity index is 1.54. The van der Waals surface area contributed by atoms with Crippen LogP contribution < -0.4 is 4.74 Å². The first-order valence-electron chi connectivity index (χ1n) is 7.64. The van der Waals surface area contributed by atoms with Gasteiger partial charge in [0.05, 0.1) is 16.6 Å². The number of nitrogens with zero attached hydrogens (tertiary/aromatic N) is 4. The maximum Gasteiger partial charge on any atom is 0.254 e. The summed E-state index contributed by atoms with van der Waals surface area (Å²) in [6.07, 6.45) is 0. The maximum absolute atomic E-state index is 5.73. The van der Waals surface area contributed by atoms with Crippen molar-refractivity contribution in [1.29, 1.82) is 0 Å². The SMILES string of the molecule is Cc1nc2ccccc2nc1OCc1nnc(-c2ccccc2Br)o1. The Bertz CT molecular complexity index is 1050. The largest absolute Gasteiger partial charge is 0.466 e. The van der Waals surface area contributed by atoms with Gasteiger partial charge < -0.3 is 9.15 Å². The molecular weight excluding hydrogens is 384 g/mol. The lowest BCUT2D eigenvalue weighted by Gasteiger charge is -2.06. The van der Waals surface area contributed by atoms with E-state index >= 15 is 0 Å². The van der Waals surface area contributed by atoms with Gasteiger partial charge in [-0.15, -0.1) is 10.2 Å². The zero-order valence-electron chi connectivity index (χ0n) is 13.3. The van der Waals surface area contributed by atoms with Crippen molar-refractivity contribution in [2.24, 2.45) is 0 Å². The zero-order chi connectivity index (χ0) is 17.2. The van der Waals surface area contributed by atoms with E-state index in [1.165, 1.54) is 0 Å². The van der Waals surface area contributed by atoms with Gasteiger partial charge in [0.15, 0.2) is 6.61 Å². The van der Waals surface area contributed by atoms with Gasteiger partial charge in [-0.05, 0) is 47.1 Å². The van der Waals surface area contributed by atoms with Crippen LogP contribution in [0.2, 0.25) is 0 Å². The van der Waals surface area contributed by atoms with Gasteiger partial charge >= 0.3 is 0 Å². The van der Waals surface area contributed by atoms with E-state index in [1.807, 2.05) is 55.5 Å². The highest BCUT2D eigenvalue weighted by Crippen LogP contribution is 2.27. The highest BCUT2D eigenvalue weighted by molar-refractivity contribution is 9.10. The summed E-state index contributed by atoms with van der Waals surface area (Å²) in [5, 5.41) is 8.10. The fourth-order valence-corrected chi connectivity index (χ4v) is 2.85. The first kappa shape index (κ1) is 15.7. The van der Waals surface area contributed by atoms with Crippen molar-refractivity contribution in [3.8, 4) is 17.3 Å². The molecule has 0 radical (unpaired) electrons. The van der Waals surface area contributed by atoms with Crippen molar-refractivity contribution >= 4 is 27.0 Å². The van der Waals surface area contributed by atoms with E-state index in [4.69, 9.17) is 9.15 Å². The van der Waals surface area contributed by atoms with E-state index in [0.29, 0.717) is 23.4 Å². The van der Waals surface area contributed by atoms with Crippen LogP contribution in [0.1, 0.15) is 11.6 Å². The van der Waals surface area contributed by atoms with E-state index in [9.17, 15) is 0 Å². The van der Waals surface area contributed by atoms with Crippen LogP contribution in [0.3, 0.4) is 0 Å². The van der Waals surface area contributed by atoms with E-state index in [2.05, 4.69) is 36.1 Å². The highest BCUT2D eigenvalue weighted by Gasteiger charge is 2.13. The van der Waals surface area contributed by atoms with Crippen molar-refractivity contribution in [3.63, 3.8) is 0 Å². The standard InChI is InChI=1S/C18H13BrN4O2/c1-11-17(21-15-9-5-4-8-14(15)20-11)24-10-16-22-23-18(25-16)12-6-2-3-7-13(12)19/h2-9H,10H2,1H3. The molecule has 0 saturated carbocycles. The minimum atomic E-state index is 0.130. The lowest BCUT2D eigenvalue weighted by atomic mass is 10.2. The van der Waals surface area contributed by atoms with Crippen LogP contribution in [-0.4, -0.2) is 20.2 Å². The third-order valence-electron chi connectivity index (χ3n) is 3.60. The van der Waals surface area contributed by atoms with Gasteiger partial charge in [-0.1, -0.05) is 24.3 Å². The average Bonchev–Trinajstić information content (AvgIpc) is 3.09. The summed E-state index contributed by atoms with van der Waals surface area (Å²) in [5.74, 6) is 1.27. The smallest absolute Gasteiger partial charge is 0.254 e. The monoisotopic (exact) mass is 396 g/mol. The molecule has 124 valence electrons. The molecule has 0 N–H and O–H groups in total. The van der Waals surface area contributed by atoms with Crippen LogP contribution in [0.15, 0.2) is 57.4 Å². The Morgan fingerprint density at radius 2 is 1.68 bits per heavy atom. The second-order valence-electron chi connectivity index (χ2n) is 5.37. The summed E-state index contributed by atoms with van der Waals surface area (Å²) in [7, 11) is 0. The Kier molecular flexibility index (Phi) is 4.15. The van der Waals surface area contributed by atoms with Gasteiger partial charge in [0.25, 0.3) is 5.89 Å². The van der Waals surface area contributed by atoms with E-state index in [1.54, 1.807) is 0 Å². The molecule has 0 bridgehead atoms. The molecule has 0 amide bonds. The van der Waals surface area contributed by atoms with E-state index in [-0.39, 0.29) is 6.61 Å². The van der Waals surface area contributed by atoms with Crippen LogP contribution in [0.4, 0.5) is 0 Å². The van der Waals surface area contributed by atoms with Gasteiger partial charge in [-0.2, -0.15) is 0 Å². The third kappa shape index (κ3) is 3.23. The Morgan fingerprint density at radius 1 is 0.960 bits per heavy atom.